The van der Waals surface area contributed by atoms with Gasteiger partial charge in [-0.1, -0.05) is 6.07 Å². The van der Waals surface area contributed by atoms with E-state index in [1.807, 2.05) is 18.2 Å². The monoisotopic (exact) mass is 482 g/mol. The first-order valence-electron chi connectivity index (χ1n) is 10.3. The van der Waals surface area contributed by atoms with Crippen LogP contribution in [0.5, 0.6) is 34.5 Å². The molecule has 0 atom stereocenters. The molecule has 3 aromatic carbocycles. The highest BCUT2D eigenvalue weighted by molar-refractivity contribution is 6.17. The predicted octanol–water partition coefficient (Wildman–Crippen LogP) is 3.14. The van der Waals surface area contributed by atoms with Crippen molar-refractivity contribution in [3.8, 4) is 34.5 Å². The number of fused-ring (bicyclic) bond motifs is 2. The lowest BCUT2D eigenvalue weighted by atomic mass is 9.97. The normalized spacial score (nSPS) is 10.8. The third-order valence-electron chi connectivity index (χ3n) is 5.46. The number of methoxy groups -OCH3 is 6. The number of hydrogen-bond acceptors (Lipinski definition) is 12. The summed E-state index contributed by atoms with van der Waals surface area (Å²) < 4.78 is 34.3. The molecule has 4 aromatic rings. The van der Waals surface area contributed by atoms with E-state index < -0.39 is 0 Å². The van der Waals surface area contributed by atoms with Gasteiger partial charge in [0.2, 0.25) is 23.6 Å². The molecular formula is C23H26N6O6. The highest BCUT2D eigenvalue weighted by Crippen LogP contribution is 2.56. The Morgan fingerprint density at radius 2 is 1.23 bits per heavy atom. The molecule has 0 aliphatic carbocycles. The molecule has 12 nitrogen and oxygen atoms in total. The minimum atomic E-state index is -0.0383. The van der Waals surface area contributed by atoms with Crippen LogP contribution in [0.15, 0.2) is 18.2 Å². The maximum Gasteiger partial charge on any atom is 0.233 e. The van der Waals surface area contributed by atoms with Crippen LogP contribution in [0, 0.1) is 0 Å². The highest BCUT2D eigenvalue weighted by Gasteiger charge is 2.28. The third-order valence-corrected chi connectivity index (χ3v) is 5.46. The molecule has 0 saturated carbocycles. The third kappa shape index (κ3) is 3.78. The molecule has 0 spiro atoms. The number of nitrogen functional groups attached to an aromatic ring is 2. The Morgan fingerprint density at radius 1 is 0.629 bits per heavy atom. The molecule has 1 heterocycles. The van der Waals surface area contributed by atoms with Gasteiger partial charge >= 0.3 is 0 Å². The smallest absolute Gasteiger partial charge is 0.233 e. The van der Waals surface area contributed by atoms with Crippen molar-refractivity contribution in [3.63, 3.8) is 0 Å². The van der Waals surface area contributed by atoms with Crippen molar-refractivity contribution in [2.24, 2.45) is 0 Å². The lowest BCUT2D eigenvalue weighted by Gasteiger charge is -2.23. The Kier molecular flexibility index (Phi) is 6.28. The van der Waals surface area contributed by atoms with E-state index in [4.69, 9.17) is 39.9 Å². The largest absolute Gasteiger partial charge is 0.495 e. The van der Waals surface area contributed by atoms with Crippen molar-refractivity contribution in [1.29, 1.82) is 0 Å². The number of nitrogens with two attached hydrogens (primary N) is 2. The van der Waals surface area contributed by atoms with Crippen LogP contribution < -0.4 is 45.2 Å². The van der Waals surface area contributed by atoms with E-state index in [0.29, 0.717) is 56.3 Å². The maximum atomic E-state index is 5.92. The van der Waals surface area contributed by atoms with Crippen molar-refractivity contribution in [2.45, 2.75) is 0 Å². The summed E-state index contributed by atoms with van der Waals surface area (Å²) in [6.45, 7) is 0. The first-order valence-corrected chi connectivity index (χ1v) is 10.3. The number of nitrogens with zero attached hydrogens (tertiary/aromatic N) is 3. The van der Waals surface area contributed by atoms with Gasteiger partial charge in [0.1, 0.15) is 5.75 Å². The molecule has 0 amide bonds. The first kappa shape index (κ1) is 23.5. The lowest BCUT2D eigenvalue weighted by Crippen LogP contribution is -2.08. The summed E-state index contributed by atoms with van der Waals surface area (Å²) in [5, 5.41) is 5.89. The zero-order chi connectivity index (χ0) is 25.3. The van der Waals surface area contributed by atoms with Gasteiger partial charge in [-0.3, -0.25) is 0 Å². The summed E-state index contributed by atoms with van der Waals surface area (Å²) >= 11 is 0. The lowest BCUT2D eigenvalue weighted by molar-refractivity contribution is 0.327. The van der Waals surface area contributed by atoms with E-state index in [1.165, 1.54) is 21.3 Å². The van der Waals surface area contributed by atoms with Gasteiger partial charge in [-0.05, 0) is 17.5 Å². The molecule has 0 bridgehead atoms. The fraction of sp³-hybridized carbons (Fsp3) is 0.261. The van der Waals surface area contributed by atoms with E-state index in [0.717, 1.165) is 5.39 Å². The van der Waals surface area contributed by atoms with E-state index in [2.05, 4.69) is 20.3 Å². The molecule has 12 heteroatoms. The molecule has 0 saturated heterocycles. The number of benzene rings is 3. The van der Waals surface area contributed by atoms with Crippen LogP contribution in [0.4, 0.5) is 23.5 Å². The fourth-order valence-corrected chi connectivity index (χ4v) is 4.13. The number of nitrogens with one attached hydrogen (secondary N) is 1. The molecule has 35 heavy (non-hydrogen) atoms. The van der Waals surface area contributed by atoms with Crippen LogP contribution in [0.1, 0.15) is 0 Å². The van der Waals surface area contributed by atoms with Crippen LogP contribution in [-0.4, -0.2) is 57.6 Å². The number of aromatic nitrogens is 3. The van der Waals surface area contributed by atoms with Crippen molar-refractivity contribution in [3.05, 3.63) is 18.2 Å². The van der Waals surface area contributed by atoms with Crippen LogP contribution >= 0.6 is 0 Å². The minimum absolute atomic E-state index is 0.0383. The SMILES string of the molecule is COc1ccc2cc3c(Nc4nc(N)nc(N)n4)c(OC)c(OC)c(OC)c3c(OC)c2c1OC. The van der Waals surface area contributed by atoms with E-state index in [9.17, 15) is 0 Å². The van der Waals surface area contributed by atoms with Crippen LogP contribution in [0.2, 0.25) is 0 Å². The fourth-order valence-electron chi connectivity index (χ4n) is 4.13. The average molecular weight is 482 g/mol. The Morgan fingerprint density at radius 3 is 1.77 bits per heavy atom. The first-order chi connectivity index (χ1) is 16.9. The van der Waals surface area contributed by atoms with Crippen molar-refractivity contribution >= 4 is 45.1 Å². The van der Waals surface area contributed by atoms with Gasteiger partial charge in [-0.15, -0.1) is 0 Å². The van der Waals surface area contributed by atoms with Gasteiger partial charge in [0.25, 0.3) is 0 Å². The second-order valence-corrected chi connectivity index (χ2v) is 7.21. The van der Waals surface area contributed by atoms with Crippen molar-refractivity contribution < 1.29 is 28.4 Å². The predicted molar refractivity (Wildman–Crippen MR) is 133 cm³/mol. The molecule has 1 aromatic heterocycles. The number of hydrogen-bond donors (Lipinski definition) is 3. The second kappa shape index (κ2) is 9.33. The summed E-state index contributed by atoms with van der Waals surface area (Å²) in [6, 6.07) is 5.63. The average Bonchev–Trinajstić information content (AvgIpc) is 2.85. The van der Waals surface area contributed by atoms with Crippen LogP contribution in [0.3, 0.4) is 0 Å². The minimum Gasteiger partial charge on any atom is -0.495 e. The van der Waals surface area contributed by atoms with Gasteiger partial charge in [0.05, 0.1) is 59.1 Å². The van der Waals surface area contributed by atoms with Gasteiger partial charge in [-0.2, -0.15) is 15.0 Å². The van der Waals surface area contributed by atoms with Crippen LogP contribution in [-0.2, 0) is 0 Å². The zero-order valence-electron chi connectivity index (χ0n) is 20.2. The van der Waals surface area contributed by atoms with Gasteiger partial charge < -0.3 is 45.2 Å². The number of ether oxygens (including phenoxy) is 6. The van der Waals surface area contributed by atoms with Gasteiger partial charge in [0, 0.05) is 5.39 Å². The second-order valence-electron chi connectivity index (χ2n) is 7.21. The molecule has 0 unspecified atom stereocenters. The Labute approximate surface area is 201 Å². The highest BCUT2D eigenvalue weighted by atomic mass is 16.5. The Hall–Kier alpha value is -4.61. The van der Waals surface area contributed by atoms with Crippen molar-refractivity contribution in [1.82, 2.24) is 15.0 Å². The summed E-state index contributed by atoms with van der Waals surface area (Å²) in [5.74, 6) is 2.63. The van der Waals surface area contributed by atoms with Gasteiger partial charge in [-0.25, -0.2) is 0 Å². The molecule has 0 fully saturated rings. The summed E-state index contributed by atoms with van der Waals surface area (Å²) in [5.41, 5.74) is 12.0. The summed E-state index contributed by atoms with van der Waals surface area (Å²) in [6.07, 6.45) is 0. The Bertz CT molecular complexity index is 1410. The topological polar surface area (TPSA) is 158 Å². The number of rotatable bonds is 8. The zero-order valence-corrected chi connectivity index (χ0v) is 20.2. The Balaban J connectivity index is 2.21. The van der Waals surface area contributed by atoms with Gasteiger partial charge in [0.15, 0.2) is 23.0 Å². The summed E-state index contributed by atoms with van der Waals surface area (Å²) in [4.78, 5) is 12.1. The van der Waals surface area contributed by atoms with E-state index in [-0.39, 0.29) is 17.8 Å². The van der Waals surface area contributed by atoms with Crippen LogP contribution in [0.25, 0.3) is 21.5 Å². The molecule has 0 aliphatic rings. The summed E-state index contributed by atoms with van der Waals surface area (Å²) in [7, 11) is 9.24. The maximum absolute atomic E-state index is 5.92. The van der Waals surface area contributed by atoms with E-state index in [1.54, 1.807) is 21.3 Å². The molecule has 4 rings (SSSR count). The van der Waals surface area contributed by atoms with E-state index >= 15 is 0 Å². The standard InChI is InChI=1S/C23H26N6O6/c1-30-12-8-7-10-9-11-14(17(32-3)13(10)16(12)31-2)18(33-4)20(35-6)19(34-5)15(11)26-23-28-21(24)27-22(25)29-23/h7-9H,1-6H3,(H5,24,25,26,27,28,29). The molecule has 5 N–H and O–H groups in total. The molecule has 184 valence electrons. The number of anilines is 4. The molecular weight excluding hydrogens is 456 g/mol. The molecule has 0 aliphatic heterocycles. The molecule has 0 radical (unpaired) electrons. The quantitative estimate of drug-likeness (QED) is 0.315. The van der Waals surface area contributed by atoms with Crippen molar-refractivity contribution in [2.75, 3.05) is 59.4 Å².